The molecule has 0 radical (unpaired) electrons. The van der Waals surface area contributed by atoms with Gasteiger partial charge in [-0.1, -0.05) is 26.0 Å². The first-order valence-electron chi connectivity index (χ1n) is 7.74. The minimum Gasteiger partial charge on any atom is -0.497 e. The SMILES string of the molecule is COc1cccc(C(C)CC(=O)NC2CCNCC2C)c1.Cl. The molecule has 22 heavy (non-hydrogen) atoms. The van der Waals surface area contributed by atoms with Crippen LogP contribution < -0.4 is 15.4 Å². The molecular weight excluding hydrogens is 300 g/mol. The largest absolute Gasteiger partial charge is 0.497 e. The molecule has 3 unspecified atom stereocenters. The van der Waals surface area contributed by atoms with Gasteiger partial charge in [-0.25, -0.2) is 0 Å². The van der Waals surface area contributed by atoms with E-state index in [4.69, 9.17) is 4.74 Å². The molecule has 1 aliphatic heterocycles. The fourth-order valence-electron chi connectivity index (χ4n) is 2.84. The third-order valence-corrected chi connectivity index (χ3v) is 4.29. The molecule has 1 saturated heterocycles. The van der Waals surface area contributed by atoms with Crippen molar-refractivity contribution in [1.82, 2.24) is 10.6 Å². The zero-order chi connectivity index (χ0) is 15.2. The Morgan fingerprint density at radius 3 is 2.95 bits per heavy atom. The van der Waals surface area contributed by atoms with Crippen LogP contribution in [0.1, 0.15) is 38.2 Å². The van der Waals surface area contributed by atoms with Gasteiger partial charge in [-0.3, -0.25) is 4.79 Å². The van der Waals surface area contributed by atoms with Crippen LogP contribution in [-0.4, -0.2) is 32.1 Å². The summed E-state index contributed by atoms with van der Waals surface area (Å²) >= 11 is 0. The second-order valence-corrected chi connectivity index (χ2v) is 6.03. The Morgan fingerprint density at radius 1 is 1.50 bits per heavy atom. The van der Waals surface area contributed by atoms with Crippen molar-refractivity contribution in [3.05, 3.63) is 29.8 Å². The number of benzene rings is 1. The molecule has 2 N–H and O–H groups in total. The van der Waals surface area contributed by atoms with Gasteiger partial charge >= 0.3 is 0 Å². The van der Waals surface area contributed by atoms with Gasteiger partial charge in [0.1, 0.15) is 5.75 Å². The zero-order valence-corrected chi connectivity index (χ0v) is 14.4. The monoisotopic (exact) mass is 326 g/mol. The van der Waals surface area contributed by atoms with Gasteiger partial charge in [0.15, 0.2) is 0 Å². The molecule has 1 aromatic rings. The van der Waals surface area contributed by atoms with Crippen molar-refractivity contribution in [3.8, 4) is 5.75 Å². The third kappa shape index (κ3) is 5.18. The molecule has 1 fully saturated rings. The fraction of sp³-hybridized carbons (Fsp3) is 0.588. The Bertz CT molecular complexity index is 481. The van der Waals surface area contributed by atoms with Crippen LogP contribution in [0.15, 0.2) is 24.3 Å². The Kier molecular flexibility index (Phi) is 7.69. The number of hydrogen-bond donors (Lipinski definition) is 2. The van der Waals surface area contributed by atoms with Crippen molar-refractivity contribution in [3.63, 3.8) is 0 Å². The van der Waals surface area contributed by atoms with Crippen LogP contribution in [0.2, 0.25) is 0 Å². The van der Waals surface area contributed by atoms with Crippen LogP contribution in [0.5, 0.6) is 5.75 Å². The van der Waals surface area contributed by atoms with Crippen LogP contribution >= 0.6 is 12.4 Å². The quantitative estimate of drug-likeness (QED) is 0.874. The summed E-state index contributed by atoms with van der Waals surface area (Å²) in [6.45, 7) is 6.24. The Labute approximate surface area is 139 Å². The lowest BCUT2D eigenvalue weighted by atomic mass is 9.93. The maximum absolute atomic E-state index is 12.2. The number of carbonyl (C=O) groups excluding carboxylic acids is 1. The normalized spacial score (nSPS) is 22.3. The van der Waals surface area contributed by atoms with E-state index < -0.39 is 0 Å². The molecule has 4 nitrogen and oxygen atoms in total. The maximum atomic E-state index is 12.2. The maximum Gasteiger partial charge on any atom is 0.220 e. The molecule has 1 heterocycles. The van der Waals surface area contributed by atoms with E-state index in [-0.39, 0.29) is 24.2 Å². The molecule has 0 saturated carbocycles. The number of methoxy groups -OCH3 is 1. The van der Waals surface area contributed by atoms with E-state index in [1.54, 1.807) is 7.11 Å². The molecular formula is C17H27ClN2O2. The minimum absolute atomic E-state index is 0. The minimum atomic E-state index is 0. The van der Waals surface area contributed by atoms with Gasteiger partial charge in [-0.05, 0) is 49.0 Å². The second kappa shape index (κ2) is 9.01. The van der Waals surface area contributed by atoms with Crippen LogP contribution in [0.25, 0.3) is 0 Å². The topological polar surface area (TPSA) is 50.4 Å². The van der Waals surface area contributed by atoms with Crippen LogP contribution in [0, 0.1) is 5.92 Å². The lowest BCUT2D eigenvalue weighted by Gasteiger charge is -2.30. The molecule has 1 amide bonds. The predicted molar refractivity (Wildman–Crippen MR) is 91.9 cm³/mol. The molecule has 0 bridgehead atoms. The molecule has 0 aliphatic carbocycles. The summed E-state index contributed by atoms with van der Waals surface area (Å²) in [5, 5.41) is 6.54. The molecule has 124 valence electrons. The highest BCUT2D eigenvalue weighted by Gasteiger charge is 2.23. The number of amides is 1. The number of nitrogens with one attached hydrogen (secondary N) is 2. The van der Waals surface area contributed by atoms with Crippen molar-refractivity contribution in [2.24, 2.45) is 5.92 Å². The molecule has 0 spiro atoms. The van der Waals surface area contributed by atoms with Gasteiger partial charge in [0.2, 0.25) is 5.91 Å². The molecule has 5 heteroatoms. The number of ether oxygens (including phenoxy) is 1. The average molecular weight is 327 g/mol. The predicted octanol–water partition coefficient (Wildman–Crippen LogP) is 2.72. The van der Waals surface area contributed by atoms with Crippen LogP contribution in [0.3, 0.4) is 0 Å². The second-order valence-electron chi connectivity index (χ2n) is 6.03. The van der Waals surface area contributed by atoms with Gasteiger partial charge in [-0.2, -0.15) is 0 Å². The molecule has 0 aromatic heterocycles. The summed E-state index contributed by atoms with van der Waals surface area (Å²) < 4.78 is 5.24. The average Bonchev–Trinajstić information content (AvgIpc) is 2.49. The van der Waals surface area contributed by atoms with Crippen LogP contribution in [0.4, 0.5) is 0 Å². The van der Waals surface area contributed by atoms with Gasteiger partial charge in [0.05, 0.1) is 7.11 Å². The first kappa shape index (κ1) is 18.8. The van der Waals surface area contributed by atoms with E-state index in [1.165, 1.54) is 0 Å². The van der Waals surface area contributed by atoms with Gasteiger partial charge < -0.3 is 15.4 Å². The highest BCUT2D eigenvalue weighted by Crippen LogP contribution is 2.23. The van der Waals surface area contributed by atoms with E-state index in [2.05, 4.69) is 24.5 Å². The molecule has 1 aliphatic rings. The number of hydrogen-bond acceptors (Lipinski definition) is 3. The first-order chi connectivity index (χ1) is 10.1. The smallest absolute Gasteiger partial charge is 0.220 e. The van der Waals surface area contributed by atoms with Gasteiger partial charge in [-0.15, -0.1) is 12.4 Å². The standard InChI is InChI=1S/C17H26N2O2.ClH/c1-12(14-5-4-6-15(10-14)21-3)9-17(20)19-16-7-8-18-11-13(16)2;/h4-6,10,12-13,16,18H,7-9,11H2,1-3H3,(H,19,20);1H. The van der Waals surface area contributed by atoms with E-state index >= 15 is 0 Å². The van der Waals surface area contributed by atoms with Gasteiger partial charge in [0, 0.05) is 12.5 Å². The third-order valence-electron chi connectivity index (χ3n) is 4.29. The lowest BCUT2D eigenvalue weighted by Crippen LogP contribution is -2.48. The highest BCUT2D eigenvalue weighted by atomic mass is 35.5. The van der Waals surface area contributed by atoms with Crippen molar-refractivity contribution < 1.29 is 9.53 Å². The Balaban J connectivity index is 0.00000242. The summed E-state index contributed by atoms with van der Waals surface area (Å²) in [5.41, 5.74) is 1.14. The summed E-state index contributed by atoms with van der Waals surface area (Å²) in [6.07, 6.45) is 1.53. The van der Waals surface area contributed by atoms with Crippen molar-refractivity contribution >= 4 is 18.3 Å². The van der Waals surface area contributed by atoms with Crippen molar-refractivity contribution in [2.75, 3.05) is 20.2 Å². The molecule has 3 atom stereocenters. The summed E-state index contributed by atoms with van der Waals surface area (Å²) in [6, 6.07) is 8.25. The number of carbonyl (C=O) groups is 1. The lowest BCUT2D eigenvalue weighted by molar-refractivity contribution is -0.122. The van der Waals surface area contributed by atoms with E-state index in [9.17, 15) is 4.79 Å². The summed E-state index contributed by atoms with van der Waals surface area (Å²) in [5.74, 6) is 1.67. The number of halogens is 1. The molecule has 2 rings (SSSR count). The highest BCUT2D eigenvalue weighted by molar-refractivity contribution is 5.85. The van der Waals surface area contributed by atoms with Crippen molar-refractivity contribution in [1.29, 1.82) is 0 Å². The Hall–Kier alpha value is -1.26. The van der Waals surface area contributed by atoms with Gasteiger partial charge in [0.25, 0.3) is 0 Å². The fourth-order valence-corrected chi connectivity index (χ4v) is 2.84. The summed E-state index contributed by atoms with van der Waals surface area (Å²) in [4.78, 5) is 12.2. The van der Waals surface area contributed by atoms with E-state index in [0.717, 1.165) is 30.8 Å². The van der Waals surface area contributed by atoms with E-state index in [0.29, 0.717) is 18.4 Å². The zero-order valence-electron chi connectivity index (χ0n) is 13.6. The number of rotatable bonds is 5. The molecule has 1 aromatic carbocycles. The summed E-state index contributed by atoms with van der Waals surface area (Å²) in [7, 11) is 1.66. The first-order valence-corrected chi connectivity index (χ1v) is 7.74. The van der Waals surface area contributed by atoms with Crippen molar-refractivity contribution in [2.45, 2.75) is 38.6 Å². The number of piperidine rings is 1. The Morgan fingerprint density at radius 2 is 2.27 bits per heavy atom. The van der Waals surface area contributed by atoms with E-state index in [1.807, 2.05) is 24.3 Å². The van der Waals surface area contributed by atoms with Crippen LogP contribution in [-0.2, 0) is 4.79 Å².